The van der Waals surface area contributed by atoms with Gasteiger partial charge in [0, 0.05) is 12.7 Å². The Balaban J connectivity index is 2.95. The normalized spacial score (nSPS) is 11.6. The van der Waals surface area contributed by atoms with Crippen LogP contribution < -0.4 is 0 Å². The summed E-state index contributed by atoms with van der Waals surface area (Å²) in [5.41, 5.74) is 0. The van der Waals surface area contributed by atoms with Gasteiger partial charge in [0.1, 0.15) is 16.6 Å². The van der Waals surface area contributed by atoms with Gasteiger partial charge in [-0.05, 0) is 19.1 Å². The van der Waals surface area contributed by atoms with Gasteiger partial charge in [-0.1, -0.05) is 18.5 Å². The van der Waals surface area contributed by atoms with Crippen molar-refractivity contribution in [1.82, 2.24) is 9.29 Å². The summed E-state index contributed by atoms with van der Waals surface area (Å²) in [6.07, 6.45) is 1.16. The van der Waals surface area contributed by atoms with E-state index in [4.69, 9.17) is 16.3 Å². The van der Waals surface area contributed by atoms with E-state index in [9.17, 15) is 13.2 Å². The number of carbonyl (C=O) groups is 1. The molecular formula is C11H15ClN2O4S. The number of esters is 1. The largest absolute Gasteiger partial charge is 0.465 e. The fourth-order valence-corrected chi connectivity index (χ4v) is 2.83. The van der Waals surface area contributed by atoms with Crippen molar-refractivity contribution in [3.05, 3.63) is 23.5 Å². The lowest BCUT2D eigenvalue weighted by molar-refractivity contribution is -0.143. The van der Waals surface area contributed by atoms with E-state index in [1.807, 2.05) is 0 Å². The van der Waals surface area contributed by atoms with Gasteiger partial charge in [0.15, 0.2) is 0 Å². The second-order valence-corrected chi connectivity index (χ2v) is 5.88. The van der Waals surface area contributed by atoms with E-state index in [0.29, 0.717) is 0 Å². The van der Waals surface area contributed by atoms with Gasteiger partial charge in [0.05, 0.1) is 6.61 Å². The molecule has 0 fully saturated rings. The minimum atomic E-state index is -3.77. The van der Waals surface area contributed by atoms with Crippen LogP contribution in [0.4, 0.5) is 0 Å². The first-order valence-electron chi connectivity index (χ1n) is 5.69. The Morgan fingerprint density at radius 1 is 1.42 bits per heavy atom. The SMILES string of the molecule is CCOC(=O)CN(CC)S(=O)(=O)c1ccc(Cl)nc1. The van der Waals surface area contributed by atoms with Crippen LogP contribution in [0.1, 0.15) is 13.8 Å². The molecule has 0 spiro atoms. The van der Waals surface area contributed by atoms with Gasteiger partial charge in [-0.2, -0.15) is 4.31 Å². The summed E-state index contributed by atoms with van der Waals surface area (Å²) < 4.78 is 30.3. The molecule has 19 heavy (non-hydrogen) atoms. The van der Waals surface area contributed by atoms with Crippen molar-refractivity contribution in [3.63, 3.8) is 0 Å². The van der Waals surface area contributed by atoms with Crippen molar-refractivity contribution in [2.75, 3.05) is 19.7 Å². The summed E-state index contributed by atoms with van der Waals surface area (Å²) in [4.78, 5) is 15.1. The first-order valence-corrected chi connectivity index (χ1v) is 7.51. The molecule has 0 N–H and O–H groups in total. The lowest BCUT2D eigenvalue weighted by atomic mass is 10.5. The molecule has 106 valence electrons. The summed E-state index contributed by atoms with van der Waals surface area (Å²) in [6.45, 7) is 3.34. The Labute approximate surface area is 117 Å². The van der Waals surface area contributed by atoms with Crippen LogP contribution in [0.5, 0.6) is 0 Å². The van der Waals surface area contributed by atoms with Crippen LogP contribution in [-0.4, -0.2) is 43.4 Å². The predicted octanol–water partition coefficient (Wildman–Crippen LogP) is 1.31. The van der Waals surface area contributed by atoms with E-state index in [1.165, 1.54) is 12.1 Å². The molecule has 0 radical (unpaired) electrons. The number of ether oxygens (including phenoxy) is 1. The Morgan fingerprint density at radius 2 is 2.11 bits per heavy atom. The van der Waals surface area contributed by atoms with Gasteiger partial charge in [-0.25, -0.2) is 13.4 Å². The molecule has 0 saturated carbocycles. The zero-order chi connectivity index (χ0) is 14.5. The van der Waals surface area contributed by atoms with E-state index in [-0.39, 0.29) is 29.7 Å². The van der Waals surface area contributed by atoms with E-state index >= 15 is 0 Å². The van der Waals surface area contributed by atoms with Gasteiger partial charge in [0.2, 0.25) is 10.0 Å². The molecule has 0 aromatic carbocycles. The molecule has 1 aromatic heterocycles. The molecule has 1 aromatic rings. The van der Waals surface area contributed by atoms with Gasteiger partial charge in [-0.3, -0.25) is 4.79 Å². The van der Waals surface area contributed by atoms with Crippen LogP contribution in [0.2, 0.25) is 5.15 Å². The second-order valence-electron chi connectivity index (χ2n) is 3.55. The Morgan fingerprint density at radius 3 is 2.58 bits per heavy atom. The van der Waals surface area contributed by atoms with Crippen molar-refractivity contribution >= 4 is 27.6 Å². The monoisotopic (exact) mass is 306 g/mol. The maximum atomic E-state index is 12.2. The number of hydrogen-bond donors (Lipinski definition) is 0. The molecule has 0 saturated heterocycles. The maximum absolute atomic E-state index is 12.2. The second kappa shape index (κ2) is 6.83. The lowest BCUT2D eigenvalue weighted by Gasteiger charge is -2.19. The lowest BCUT2D eigenvalue weighted by Crippen LogP contribution is -2.36. The first-order chi connectivity index (χ1) is 8.91. The molecule has 0 aliphatic carbocycles. The number of halogens is 1. The number of rotatable bonds is 6. The molecule has 1 rings (SSSR count). The molecular weight excluding hydrogens is 292 g/mol. The fraction of sp³-hybridized carbons (Fsp3) is 0.455. The number of nitrogens with zero attached hydrogens (tertiary/aromatic N) is 2. The van der Waals surface area contributed by atoms with Gasteiger partial charge >= 0.3 is 5.97 Å². The Bertz CT molecular complexity index is 530. The predicted molar refractivity (Wildman–Crippen MR) is 70.3 cm³/mol. The van der Waals surface area contributed by atoms with Crippen LogP contribution in [0.3, 0.4) is 0 Å². The highest BCUT2D eigenvalue weighted by molar-refractivity contribution is 7.89. The highest BCUT2D eigenvalue weighted by Crippen LogP contribution is 2.16. The molecule has 6 nitrogen and oxygen atoms in total. The molecule has 0 unspecified atom stereocenters. The van der Waals surface area contributed by atoms with Crippen LogP contribution >= 0.6 is 11.6 Å². The standard InChI is InChI=1S/C11H15ClN2O4S/c1-3-14(8-11(15)18-4-2)19(16,17)9-5-6-10(12)13-7-9/h5-7H,3-4,8H2,1-2H3. The molecule has 0 atom stereocenters. The number of pyridine rings is 1. The average molecular weight is 307 g/mol. The number of hydrogen-bond acceptors (Lipinski definition) is 5. The van der Waals surface area contributed by atoms with E-state index < -0.39 is 16.0 Å². The topological polar surface area (TPSA) is 76.6 Å². The van der Waals surface area contributed by atoms with Crippen LogP contribution in [-0.2, 0) is 19.6 Å². The molecule has 0 amide bonds. The van der Waals surface area contributed by atoms with E-state index in [0.717, 1.165) is 10.5 Å². The number of aromatic nitrogens is 1. The molecule has 0 aliphatic rings. The van der Waals surface area contributed by atoms with Crippen LogP contribution in [0.25, 0.3) is 0 Å². The number of sulfonamides is 1. The van der Waals surface area contributed by atoms with Gasteiger partial charge in [0.25, 0.3) is 0 Å². The minimum absolute atomic E-state index is 0.0111. The highest BCUT2D eigenvalue weighted by atomic mass is 35.5. The van der Waals surface area contributed by atoms with Crippen molar-refractivity contribution in [3.8, 4) is 0 Å². The third kappa shape index (κ3) is 4.15. The average Bonchev–Trinajstić information content (AvgIpc) is 2.36. The summed E-state index contributed by atoms with van der Waals surface area (Å²) in [6, 6.07) is 2.73. The van der Waals surface area contributed by atoms with E-state index in [1.54, 1.807) is 13.8 Å². The van der Waals surface area contributed by atoms with Crippen LogP contribution in [0.15, 0.2) is 23.2 Å². The van der Waals surface area contributed by atoms with Gasteiger partial charge < -0.3 is 4.74 Å². The van der Waals surface area contributed by atoms with Crippen molar-refractivity contribution in [2.45, 2.75) is 18.7 Å². The van der Waals surface area contributed by atoms with Crippen molar-refractivity contribution in [2.24, 2.45) is 0 Å². The zero-order valence-corrected chi connectivity index (χ0v) is 12.2. The summed E-state index contributed by atoms with van der Waals surface area (Å²) in [5.74, 6) is -0.588. The van der Waals surface area contributed by atoms with Crippen molar-refractivity contribution < 1.29 is 17.9 Å². The molecule has 8 heteroatoms. The number of likely N-dealkylation sites (N-methyl/N-ethyl adjacent to an activating group) is 1. The fourth-order valence-electron chi connectivity index (χ4n) is 1.38. The van der Waals surface area contributed by atoms with Crippen molar-refractivity contribution in [1.29, 1.82) is 0 Å². The summed E-state index contributed by atoms with van der Waals surface area (Å²) >= 11 is 5.61. The summed E-state index contributed by atoms with van der Waals surface area (Å²) in [5, 5.41) is 0.201. The van der Waals surface area contributed by atoms with E-state index in [2.05, 4.69) is 4.98 Å². The minimum Gasteiger partial charge on any atom is -0.465 e. The third-order valence-electron chi connectivity index (χ3n) is 2.30. The highest BCUT2D eigenvalue weighted by Gasteiger charge is 2.25. The molecule has 0 aliphatic heterocycles. The molecule has 0 bridgehead atoms. The maximum Gasteiger partial charge on any atom is 0.321 e. The smallest absolute Gasteiger partial charge is 0.321 e. The Hall–Kier alpha value is -1.18. The quantitative estimate of drug-likeness (QED) is 0.585. The Kier molecular flexibility index (Phi) is 5.71. The zero-order valence-electron chi connectivity index (χ0n) is 10.7. The summed E-state index contributed by atoms with van der Waals surface area (Å²) in [7, 11) is -3.77. The first kappa shape index (κ1) is 15.9. The number of carbonyl (C=O) groups excluding carboxylic acids is 1. The molecule has 1 heterocycles. The van der Waals surface area contributed by atoms with Gasteiger partial charge in [-0.15, -0.1) is 0 Å². The third-order valence-corrected chi connectivity index (χ3v) is 4.43. The van der Waals surface area contributed by atoms with Crippen LogP contribution in [0, 0.1) is 0 Å².